The first-order chi connectivity index (χ1) is 12.3. The number of benzene rings is 1. The van der Waals surface area contributed by atoms with E-state index in [0.29, 0.717) is 17.0 Å². The van der Waals surface area contributed by atoms with Crippen molar-refractivity contribution in [1.82, 2.24) is 14.5 Å². The molecule has 0 aliphatic heterocycles. The number of fused-ring (bicyclic) bond motifs is 1. The molecule has 3 rings (SSSR count). The second-order valence-corrected chi connectivity index (χ2v) is 6.44. The van der Waals surface area contributed by atoms with Crippen LogP contribution in [0.1, 0.15) is 31.9 Å². The Bertz CT molecular complexity index is 1090. The second kappa shape index (κ2) is 6.95. The van der Waals surface area contributed by atoms with Gasteiger partial charge in [-0.15, -0.1) is 0 Å². The molecule has 136 valence electrons. The number of halogens is 2. The van der Waals surface area contributed by atoms with Gasteiger partial charge in [0.2, 0.25) is 0 Å². The van der Waals surface area contributed by atoms with E-state index in [1.54, 1.807) is 28.8 Å². The Labute approximate surface area is 153 Å². The van der Waals surface area contributed by atoms with Gasteiger partial charge < -0.3 is 4.74 Å². The Morgan fingerprint density at radius 3 is 2.62 bits per heavy atom. The van der Waals surface area contributed by atoms with Gasteiger partial charge in [-0.05, 0) is 44.3 Å². The molecule has 0 unspecified atom stereocenters. The molecule has 1 aromatic carbocycles. The number of rotatable bonds is 4. The number of hydrogen-bond acceptors (Lipinski definition) is 4. The van der Waals surface area contributed by atoms with Crippen molar-refractivity contribution in [3.8, 4) is 17.0 Å². The Balaban J connectivity index is 2.45. The monoisotopic (exact) mass is 377 g/mol. The molecular weight excluding hydrogens is 360 g/mol. The fourth-order valence-corrected chi connectivity index (χ4v) is 3.25. The van der Waals surface area contributed by atoms with Crippen LogP contribution in [0.15, 0.2) is 35.1 Å². The molecule has 3 aromatic rings. The molecular formula is C18H17F2N3O2S. The van der Waals surface area contributed by atoms with Gasteiger partial charge in [0.05, 0.1) is 18.2 Å². The fraction of sp³-hybridized carbons (Fsp3) is 0.278. The van der Waals surface area contributed by atoms with Crippen LogP contribution in [-0.2, 0) is 0 Å². The van der Waals surface area contributed by atoms with Crippen molar-refractivity contribution in [2.75, 3.05) is 7.11 Å². The van der Waals surface area contributed by atoms with E-state index in [4.69, 9.17) is 17.0 Å². The average Bonchev–Trinajstić information content (AvgIpc) is 2.60. The summed E-state index contributed by atoms with van der Waals surface area (Å²) in [5.41, 5.74) is 0.0282. The van der Waals surface area contributed by atoms with Crippen molar-refractivity contribution < 1.29 is 13.5 Å². The SMILES string of the molecule is COc1cccc(-c2cc(C(F)F)c3c(=O)[nH]c(=S)n(C(C)C)c3n2)c1. The average molecular weight is 377 g/mol. The van der Waals surface area contributed by atoms with E-state index in [1.807, 2.05) is 13.8 Å². The maximum Gasteiger partial charge on any atom is 0.264 e. The molecule has 2 heterocycles. The van der Waals surface area contributed by atoms with Crippen molar-refractivity contribution in [2.24, 2.45) is 0 Å². The van der Waals surface area contributed by atoms with Crippen LogP contribution in [-0.4, -0.2) is 21.6 Å². The Morgan fingerprint density at radius 2 is 2.00 bits per heavy atom. The summed E-state index contributed by atoms with van der Waals surface area (Å²) in [7, 11) is 1.52. The van der Waals surface area contributed by atoms with Gasteiger partial charge in [0.25, 0.3) is 12.0 Å². The first-order valence-corrected chi connectivity index (χ1v) is 8.36. The number of aromatic amines is 1. The predicted octanol–water partition coefficient (Wildman–Crippen LogP) is 4.65. The zero-order valence-corrected chi connectivity index (χ0v) is 15.2. The largest absolute Gasteiger partial charge is 0.497 e. The molecule has 1 N–H and O–H groups in total. The molecule has 0 bridgehead atoms. The van der Waals surface area contributed by atoms with Gasteiger partial charge in [0.1, 0.15) is 11.4 Å². The van der Waals surface area contributed by atoms with Crippen LogP contribution in [0.3, 0.4) is 0 Å². The topological polar surface area (TPSA) is 59.9 Å². The molecule has 0 saturated heterocycles. The molecule has 0 aliphatic carbocycles. The Kier molecular flexibility index (Phi) is 4.86. The van der Waals surface area contributed by atoms with Crippen LogP contribution in [0.4, 0.5) is 8.78 Å². The number of nitrogens with one attached hydrogen (secondary N) is 1. The van der Waals surface area contributed by atoms with Crippen molar-refractivity contribution in [1.29, 1.82) is 0 Å². The summed E-state index contributed by atoms with van der Waals surface area (Å²) >= 11 is 5.21. The molecule has 0 spiro atoms. The normalized spacial score (nSPS) is 11.5. The van der Waals surface area contributed by atoms with E-state index < -0.39 is 12.0 Å². The standard InChI is InChI=1S/C18H17F2N3O2S/c1-9(2)23-16-14(17(24)22-18(23)26)12(15(19)20)8-13(21-16)10-5-4-6-11(7-10)25-3/h4-9,15H,1-3H3,(H,22,24,26). The minimum absolute atomic E-state index is 0.143. The number of pyridine rings is 1. The van der Waals surface area contributed by atoms with Gasteiger partial charge in [-0.1, -0.05) is 12.1 Å². The summed E-state index contributed by atoms with van der Waals surface area (Å²) in [5, 5.41) is -0.144. The van der Waals surface area contributed by atoms with Crippen molar-refractivity contribution in [3.05, 3.63) is 51.0 Å². The summed E-state index contributed by atoms with van der Waals surface area (Å²) in [5.74, 6) is 0.578. The molecule has 8 heteroatoms. The van der Waals surface area contributed by atoms with Gasteiger partial charge >= 0.3 is 0 Å². The molecule has 5 nitrogen and oxygen atoms in total. The number of hydrogen-bond donors (Lipinski definition) is 1. The van der Waals surface area contributed by atoms with E-state index in [-0.39, 0.29) is 27.4 Å². The maximum atomic E-state index is 13.7. The summed E-state index contributed by atoms with van der Waals surface area (Å²) in [6, 6.07) is 8.01. The van der Waals surface area contributed by atoms with E-state index >= 15 is 0 Å². The fourth-order valence-electron chi connectivity index (χ4n) is 2.86. The van der Waals surface area contributed by atoms with E-state index in [9.17, 15) is 13.6 Å². The lowest BCUT2D eigenvalue weighted by molar-refractivity contribution is 0.153. The zero-order valence-electron chi connectivity index (χ0n) is 14.4. The first kappa shape index (κ1) is 18.2. The number of alkyl halides is 2. The highest BCUT2D eigenvalue weighted by Gasteiger charge is 2.21. The lowest BCUT2D eigenvalue weighted by Gasteiger charge is -2.17. The van der Waals surface area contributed by atoms with E-state index in [2.05, 4.69) is 9.97 Å². The lowest BCUT2D eigenvalue weighted by atomic mass is 10.1. The molecule has 26 heavy (non-hydrogen) atoms. The van der Waals surface area contributed by atoms with Gasteiger partial charge in [-0.3, -0.25) is 14.3 Å². The van der Waals surface area contributed by atoms with Crippen LogP contribution in [0, 0.1) is 4.77 Å². The molecule has 0 fully saturated rings. The highest BCUT2D eigenvalue weighted by atomic mass is 32.1. The lowest BCUT2D eigenvalue weighted by Crippen LogP contribution is -2.19. The summed E-state index contributed by atoms with van der Waals surface area (Å²) in [4.78, 5) is 19.3. The molecule has 0 radical (unpaired) electrons. The van der Waals surface area contributed by atoms with Gasteiger partial charge in [0, 0.05) is 17.2 Å². The maximum absolute atomic E-state index is 13.7. The van der Waals surface area contributed by atoms with Crippen LogP contribution in [0.25, 0.3) is 22.3 Å². The van der Waals surface area contributed by atoms with E-state index in [1.165, 1.54) is 13.2 Å². The number of aromatic nitrogens is 3. The Hall–Kier alpha value is -2.61. The molecule has 0 atom stereocenters. The smallest absolute Gasteiger partial charge is 0.264 e. The number of H-pyrrole nitrogens is 1. The second-order valence-electron chi connectivity index (χ2n) is 6.05. The predicted molar refractivity (Wildman–Crippen MR) is 98.5 cm³/mol. The highest BCUT2D eigenvalue weighted by molar-refractivity contribution is 7.71. The van der Waals surface area contributed by atoms with Crippen molar-refractivity contribution in [3.63, 3.8) is 0 Å². The molecule has 2 aromatic heterocycles. The highest BCUT2D eigenvalue weighted by Crippen LogP contribution is 2.31. The minimum Gasteiger partial charge on any atom is -0.497 e. The third kappa shape index (κ3) is 3.12. The van der Waals surface area contributed by atoms with Gasteiger partial charge in [-0.2, -0.15) is 0 Å². The summed E-state index contributed by atoms with van der Waals surface area (Å²) in [6.07, 6.45) is -2.83. The van der Waals surface area contributed by atoms with Crippen molar-refractivity contribution in [2.45, 2.75) is 26.3 Å². The van der Waals surface area contributed by atoms with Crippen LogP contribution < -0.4 is 10.3 Å². The van der Waals surface area contributed by atoms with Gasteiger partial charge in [-0.25, -0.2) is 13.8 Å². The van der Waals surface area contributed by atoms with Crippen LogP contribution >= 0.6 is 12.2 Å². The zero-order chi connectivity index (χ0) is 19.0. The Morgan fingerprint density at radius 1 is 1.27 bits per heavy atom. The number of ether oxygens (including phenoxy) is 1. The van der Waals surface area contributed by atoms with Gasteiger partial charge in [0.15, 0.2) is 4.77 Å². The van der Waals surface area contributed by atoms with E-state index in [0.717, 1.165) is 0 Å². The summed E-state index contributed by atoms with van der Waals surface area (Å²) < 4.78 is 34.3. The molecule has 0 amide bonds. The summed E-state index contributed by atoms with van der Waals surface area (Å²) in [6.45, 7) is 3.69. The quantitative estimate of drug-likeness (QED) is 0.673. The third-order valence-corrected chi connectivity index (χ3v) is 4.34. The molecule has 0 aliphatic rings. The first-order valence-electron chi connectivity index (χ1n) is 7.95. The van der Waals surface area contributed by atoms with Crippen LogP contribution in [0.5, 0.6) is 5.75 Å². The third-order valence-electron chi connectivity index (χ3n) is 4.04. The number of nitrogens with zero attached hydrogens (tertiary/aromatic N) is 2. The van der Waals surface area contributed by atoms with Crippen molar-refractivity contribution >= 4 is 23.3 Å². The minimum atomic E-state index is -2.83. The number of methoxy groups -OCH3 is 1. The van der Waals surface area contributed by atoms with Crippen LogP contribution in [0.2, 0.25) is 0 Å². The molecule has 0 saturated carbocycles.